The van der Waals surface area contributed by atoms with Crippen LogP contribution in [0.15, 0.2) is 12.5 Å². The van der Waals surface area contributed by atoms with Crippen molar-refractivity contribution in [3.63, 3.8) is 0 Å². The number of hydrogen-bond acceptors (Lipinski definition) is 6. The second-order valence-corrected chi connectivity index (χ2v) is 5.24. The van der Waals surface area contributed by atoms with Crippen molar-refractivity contribution >= 4 is 23.5 Å². The van der Waals surface area contributed by atoms with Gasteiger partial charge in [0, 0.05) is 31.9 Å². The summed E-state index contributed by atoms with van der Waals surface area (Å²) in [6.45, 7) is 1.14. The fourth-order valence-electron chi connectivity index (χ4n) is 1.42. The summed E-state index contributed by atoms with van der Waals surface area (Å²) in [6, 6.07) is 0. The predicted octanol–water partition coefficient (Wildman–Crippen LogP) is 0.413. The van der Waals surface area contributed by atoms with Gasteiger partial charge in [0.2, 0.25) is 12.2 Å². The van der Waals surface area contributed by atoms with Crippen molar-refractivity contribution in [1.29, 1.82) is 0 Å². The fraction of sp³-hybridized carbons (Fsp3) is 0.636. The number of amides is 1. The van der Waals surface area contributed by atoms with Crippen molar-refractivity contribution < 1.29 is 14.8 Å². The Morgan fingerprint density at radius 2 is 2.35 bits per heavy atom. The second-order valence-electron chi connectivity index (χ2n) is 4.02. The van der Waals surface area contributed by atoms with E-state index in [1.165, 1.54) is 17.1 Å². The number of nitro groups is 1. The van der Waals surface area contributed by atoms with E-state index in [0.717, 1.165) is 17.9 Å². The van der Waals surface area contributed by atoms with E-state index in [2.05, 4.69) is 10.3 Å². The minimum Gasteiger partial charge on any atom is -0.396 e. The molecule has 0 atom stereocenters. The highest BCUT2D eigenvalue weighted by Crippen LogP contribution is 2.06. The van der Waals surface area contributed by atoms with Crippen molar-refractivity contribution in [1.82, 2.24) is 14.9 Å². The lowest BCUT2D eigenvalue weighted by Gasteiger charge is -2.05. The molecule has 0 radical (unpaired) electrons. The molecule has 0 fully saturated rings. The summed E-state index contributed by atoms with van der Waals surface area (Å²) in [4.78, 5) is 25.0. The zero-order valence-corrected chi connectivity index (χ0v) is 11.8. The highest BCUT2D eigenvalue weighted by molar-refractivity contribution is 7.99. The predicted molar refractivity (Wildman–Crippen MR) is 75.5 cm³/mol. The summed E-state index contributed by atoms with van der Waals surface area (Å²) in [5.41, 5.74) is 0. The highest BCUT2D eigenvalue weighted by Gasteiger charge is 2.10. The monoisotopic (exact) mass is 302 g/mol. The molecular weight excluding hydrogens is 284 g/mol. The third kappa shape index (κ3) is 6.53. The summed E-state index contributed by atoms with van der Waals surface area (Å²) in [6.07, 6.45) is 3.67. The van der Waals surface area contributed by atoms with E-state index in [9.17, 15) is 14.9 Å². The van der Waals surface area contributed by atoms with Crippen LogP contribution in [-0.4, -0.2) is 50.1 Å². The maximum absolute atomic E-state index is 11.5. The van der Waals surface area contributed by atoms with Crippen LogP contribution in [0.2, 0.25) is 0 Å². The normalized spacial score (nSPS) is 10.4. The summed E-state index contributed by atoms with van der Waals surface area (Å²) in [5, 5.41) is 21.8. The van der Waals surface area contributed by atoms with Crippen molar-refractivity contribution in [2.75, 3.05) is 24.7 Å². The molecule has 0 aliphatic rings. The summed E-state index contributed by atoms with van der Waals surface area (Å²) in [7, 11) is 0. The van der Waals surface area contributed by atoms with E-state index in [1.54, 1.807) is 11.8 Å². The van der Waals surface area contributed by atoms with Gasteiger partial charge in [0.1, 0.15) is 6.20 Å². The van der Waals surface area contributed by atoms with Gasteiger partial charge in [-0.25, -0.2) is 0 Å². The van der Waals surface area contributed by atoms with Gasteiger partial charge in [-0.15, -0.1) is 0 Å². The van der Waals surface area contributed by atoms with E-state index < -0.39 is 4.92 Å². The van der Waals surface area contributed by atoms with E-state index in [1.807, 2.05) is 0 Å². The van der Waals surface area contributed by atoms with Gasteiger partial charge in [0.05, 0.1) is 0 Å². The largest absolute Gasteiger partial charge is 0.396 e. The number of aliphatic hydroxyl groups excluding tert-OH is 1. The van der Waals surface area contributed by atoms with E-state index in [0.29, 0.717) is 13.1 Å². The molecule has 1 aromatic heterocycles. The second kappa shape index (κ2) is 9.32. The van der Waals surface area contributed by atoms with Gasteiger partial charge in [-0.2, -0.15) is 11.8 Å². The first kappa shape index (κ1) is 16.4. The average molecular weight is 302 g/mol. The molecule has 1 amide bonds. The molecule has 20 heavy (non-hydrogen) atoms. The van der Waals surface area contributed by atoms with Crippen LogP contribution in [0.4, 0.5) is 5.82 Å². The van der Waals surface area contributed by atoms with Crippen LogP contribution >= 0.6 is 11.8 Å². The van der Waals surface area contributed by atoms with Crippen LogP contribution in [0.5, 0.6) is 0 Å². The molecule has 1 heterocycles. The van der Waals surface area contributed by atoms with Crippen LogP contribution in [0.1, 0.15) is 12.8 Å². The van der Waals surface area contributed by atoms with Gasteiger partial charge in [0.15, 0.2) is 0 Å². The zero-order chi connectivity index (χ0) is 14.8. The van der Waals surface area contributed by atoms with Crippen LogP contribution in [0.3, 0.4) is 0 Å². The first-order valence-electron chi connectivity index (χ1n) is 6.25. The number of aliphatic hydroxyl groups is 1. The van der Waals surface area contributed by atoms with Gasteiger partial charge in [-0.05, 0) is 22.1 Å². The Kier molecular flexibility index (Phi) is 7.66. The smallest absolute Gasteiger partial charge is 0.381 e. The molecule has 0 spiro atoms. The molecular formula is C11H18N4O4S. The minimum atomic E-state index is -0.569. The molecule has 0 unspecified atom stereocenters. The molecule has 112 valence electrons. The van der Waals surface area contributed by atoms with Gasteiger partial charge in [-0.3, -0.25) is 4.79 Å². The van der Waals surface area contributed by atoms with Gasteiger partial charge in [0.25, 0.3) is 0 Å². The lowest BCUT2D eigenvalue weighted by atomic mass is 10.4. The number of hydrogen-bond donors (Lipinski definition) is 2. The Morgan fingerprint density at radius 1 is 1.55 bits per heavy atom. The fourth-order valence-corrected chi connectivity index (χ4v) is 2.20. The highest BCUT2D eigenvalue weighted by atomic mass is 32.2. The van der Waals surface area contributed by atoms with Crippen LogP contribution in [0, 0.1) is 10.1 Å². The van der Waals surface area contributed by atoms with Crippen molar-refractivity contribution in [2.45, 2.75) is 19.4 Å². The number of carbonyl (C=O) groups excluding carboxylic acids is 1. The van der Waals surface area contributed by atoms with Gasteiger partial charge >= 0.3 is 5.82 Å². The molecule has 1 aromatic rings. The van der Waals surface area contributed by atoms with Crippen LogP contribution in [0.25, 0.3) is 0 Å². The van der Waals surface area contributed by atoms with Gasteiger partial charge in [-0.1, -0.05) is 0 Å². The van der Waals surface area contributed by atoms with E-state index in [4.69, 9.17) is 5.11 Å². The zero-order valence-electron chi connectivity index (χ0n) is 11.0. The Labute approximate surface area is 120 Å². The average Bonchev–Trinajstić information content (AvgIpc) is 2.89. The van der Waals surface area contributed by atoms with Crippen LogP contribution in [-0.2, 0) is 11.3 Å². The molecule has 0 aliphatic carbocycles. The summed E-state index contributed by atoms with van der Waals surface area (Å²) >= 11 is 1.68. The molecule has 0 aliphatic heterocycles. The standard InChI is InChI=1S/C11H18N4O4S/c16-5-1-6-20-7-3-12-11(17)2-4-14-8-10(13-9-14)15(18)19/h8-9,16H,1-7H2,(H,12,17). The molecule has 8 nitrogen and oxygen atoms in total. The molecule has 0 saturated heterocycles. The maximum Gasteiger partial charge on any atom is 0.381 e. The summed E-state index contributed by atoms with van der Waals surface area (Å²) in [5.74, 6) is 1.38. The molecule has 0 bridgehead atoms. The van der Waals surface area contributed by atoms with E-state index >= 15 is 0 Å². The lowest BCUT2D eigenvalue weighted by Crippen LogP contribution is -2.26. The van der Waals surface area contributed by atoms with Crippen LogP contribution < -0.4 is 5.32 Å². The number of carbonyl (C=O) groups is 1. The molecule has 0 saturated carbocycles. The molecule has 2 N–H and O–H groups in total. The number of nitrogens with one attached hydrogen (secondary N) is 1. The quantitative estimate of drug-likeness (QED) is 0.368. The molecule has 0 aromatic carbocycles. The Bertz CT molecular complexity index is 438. The Morgan fingerprint density at radius 3 is 3.00 bits per heavy atom. The minimum absolute atomic E-state index is 0.0934. The number of aryl methyl sites for hydroxylation is 1. The third-order valence-electron chi connectivity index (χ3n) is 2.42. The molecule has 1 rings (SSSR count). The summed E-state index contributed by atoms with van der Waals surface area (Å²) < 4.78 is 1.52. The number of thioether (sulfide) groups is 1. The topological polar surface area (TPSA) is 110 Å². The van der Waals surface area contributed by atoms with Crippen molar-refractivity contribution in [2.24, 2.45) is 0 Å². The van der Waals surface area contributed by atoms with Crippen molar-refractivity contribution in [3.8, 4) is 0 Å². The number of aromatic nitrogens is 2. The SMILES string of the molecule is O=C(CCn1cnc([N+](=O)[O-])c1)NCCSCCCO. The third-order valence-corrected chi connectivity index (χ3v) is 3.49. The first-order chi connectivity index (χ1) is 9.63. The first-order valence-corrected chi connectivity index (χ1v) is 7.40. The van der Waals surface area contributed by atoms with Crippen molar-refractivity contribution in [3.05, 3.63) is 22.6 Å². The number of rotatable bonds is 10. The van der Waals surface area contributed by atoms with E-state index in [-0.39, 0.29) is 24.8 Å². The maximum atomic E-state index is 11.5. The number of nitrogens with zero attached hydrogens (tertiary/aromatic N) is 3. The lowest BCUT2D eigenvalue weighted by molar-refractivity contribution is -0.389. The molecule has 9 heteroatoms. The Hall–Kier alpha value is -1.61. The Balaban J connectivity index is 2.11. The van der Waals surface area contributed by atoms with Gasteiger partial charge < -0.3 is 25.1 Å². The number of imidazole rings is 1.